The van der Waals surface area contributed by atoms with E-state index in [2.05, 4.69) is 0 Å². The van der Waals surface area contributed by atoms with Gasteiger partial charge in [-0.1, -0.05) is 72.8 Å². The highest BCUT2D eigenvalue weighted by Crippen LogP contribution is 2.34. The number of hydrogen-bond donors (Lipinski definition) is 0. The van der Waals surface area contributed by atoms with Crippen LogP contribution in [0.25, 0.3) is 11.1 Å². The van der Waals surface area contributed by atoms with Gasteiger partial charge in [0.25, 0.3) is 0 Å². The third-order valence-electron chi connectivity index (χ3n) is 4.12. The lowest BCUT2D eigenvalue weighted by atomic mass is 9.81. The Balaban J connectivity index is 2.08. The Morgan fingerprint density at radius 1 is 0.609 bits per heavy atom. The van der Waals surface area contributed by atoms with Gasteiger partial charge in [0, 0.05) is 22.3 Å². The number of ketones is 1. The quantitative estimate of drug-likeness (QED) is 0.502. The maximum absolute atomic E-state index is 12.8. The second-order valence-electron chi connectivity index (χ2n) is 5.38. The number of benzene rings is 3. The summed E-state index contributed by atoms with van der Waals surface area (Å²) in [5.74, 6) is -0.0221. The smallest absolute Gasteiger partial charge is 0.194 e. The van der Waals surface area contributed by atoms with E-state index in [0.29, 0.717) is 27.2 Å². The summed E-state index contributed by atoms with van der Waals surface area (Å²) >= 11 is 0.456. The summed E-state index contributed by atoms with van der Waals surface area (Å²) in [6, 6.07) is 22.8. The van der Waals surface area contributed by atoms with Gasteiger partial charge in [0.2, 0.25) is 0 Å². The predicted octanol–water partition coefficient (Wildman–Crippen LogP) is 3.68. The highest BCUT2D eigenvalue weighted by molar-refractivity contribution is 7.67. The Labute approximate surface area is 137 Å². The van der Waals surface area contributed by atoms with E-state index >= 15 is 0 Å². The summed E-state index contributed by atoms with van der Waals surface area (Å²) in [6.45, 7) is 0. The van der Waals surface area contributed by atoms with Crippen molar-refractivity contribution in [2.45, 2.75) is 0 Å². The van der Waals surface area contributed by atoms with E-state index in [1.165, 1.54) is 0 Å². The van der Waals surface area contributed by atoms with Crippen molar-refractivity contribution < 1.29 is 9.00 Å². The summed E-state index contributed by atoms with van der Waals surface area (Å²) in [5, 5.41) is 0. The number of rotatable bonds is 1. The molecular weight excluding hydrogens is 304 g/mol. The average molecular weight is 316 g/mol. The third-order valence-corrected chi connectivity index (χ3v) is 4.71. The molecular formula is C20H12O2S. The monoisotopic (exact) mass is 316 g/mol. The summed E-state index contributed by atoms with van der Waals surface area (Å²) in [5.41, 5.74) is 4.61. The largest absolute Gasteiger partial charge is 0.289 e. The molecule has 0 aliphatic heterocycles. The molecule has 23 heavy (non-hydrogen) atoms. The van der Waals surface area contributed by atoms with Crippen LogP contribution in [0.4, 0.5) is 0 Å². The second-order valence-corrected chi connectivity index (χ2v) is 5.96. The van der Waals surface area contributed by atoms with Crippen molar-refractivity contribution >= 4 is 21.9 Å². The van der Waals surface area contributed by atoms with Gasteiger partial charge in [-0.25, -0.2) is 4.21 Å². The van der Waals surface area contributed by atoms with E-state index in [0.717, 1.165) is 22.3 Å². The van der Waals surface area contributed by atoms with Gasteiger partial charge in [-0.2, -0.15) is 0 Å². The number of hydrogen-bond acceptors (Lipinski definition) is 2. The lowest BCUT2D eigenvalue weighted by Crippen LogP contribution is -2.22. The Kier molecular flexibility index (Phi) is 3.28. The first-order valence-corrected chi connectivity index (χ1v) is 8.05. The van der Waals surface area contributed by atoms with E-state index in [4.69, 9.17) is 0 Å². The highest BCUT2D eigenvalue weighted by Gasteiger charge is 2.29. The molecule has 0 atom stereocenters. The van der Waals surface area contributed by atoms with Crippen LogP contribution < -0.4 is 0 Å². The summed E-state index contributed by atoms with van der Waals surface area (Å²) in [6.07, 6.45) is 0. The molecule has 0 amide bonds. The zero-order chi connectivity index (χ0) is 15.8. The van der Waals surface area contributed by atoms with Crippen LogP contribution >= 0.6 is 0 Å². The van der Waals surface area contributed by atoms with Crippen LogP contribution in [0.1, 0.15) is 27.0 Å². The molecule has 0 N–H and O–H groups in total. The van der Waals surface area contributed by atoms with Crippen LogP contribution in [0, 0.1) is 0 Å². The van der Waals surface area contributed by atoms with Crippen LogP contribution in [-0.2, 0) is 11.3 Å². The minimum absolute atomic E-state index is 0.0221. The fraction of sp³-hybridized carbons (Fsp3) is 0. The Hall–Kier alpha value is -2.78. The molecule has 1 aliphatic rings. The van der Waals surface area contributed by atoms with Gasteiger partial charge >= 0.3 is 0 Å². The maximum atomic E-state index is 12.8. The summed E-state index contributed by atoms with van der Waals surface area (Å²) in [7, 11) is 0. The molecule has 3 aromatic carbocycles. The van der Waals surface area contributed by atoms with Crippen LogP contribution in [0.5, 0.6) is 0 Å². The van der Waals surface area contributed by atoms with Crippen LogP contribution in [0.2, 0.25) is 0 Å². The molecule has 3 heteroatoms. The molecule has 0 radical (unpaired) electrons. The van der Waals surface area contributed by atoms with E-state index in [1.807, 2.05) is 60.7 Å². The van der Waals surface area contributed by atoms with Gasteiger partial charge in [0.15, 0.2) is 5.78 Å². The molecule has 0 saturated carbocycles. The van der Waals surface area contributed by atoms with E-state index in [1.54, 1.807) is 12.1 Å². The standard InChI is InChI=1S/C20H12O2S/c21-19-15-9-4-5-10-16(15)20(23-22)18-14(11-6-12-17(18)19)13-7-2-1-3-8-13/h1-12H. The third kappa shape index (κ3) is 2.09. The molecule has 110 valence electrons. The van der Waals surface area contributed by atoms with Gasteiger partial charge < -0.3 is 0 Å². The molecule has 0 saturated heterocycles. The molecule has 0 aromatic heterocycles. The van der Waals surface area contributed by atoms with Crippen molar-refractivity contribution in [3.63, 3.8) is 0 Å². The minimum Gasteiger partial charge on any atom is -0.289 e. The van der Waals surface area contributed by atoms with Gasteiger partial charge in [-0.3, -0.25) is 4.79 Å². The molecule has 0 bridgehead atoms. The molecule has 4 rings (SSSR count). The van der Waals surface area contributed by atoms with Crippen molar-refractivity contribution in [1.29, 1.82) is 0 Å². The van der Waals surface area contributed by atoms with Gasteiger partial charge in [0.05, 0.1) is 16.1 Å². The van der Waals surface area contributed by atoms with Gasteiger partial charge in [-0.15, -0.1) is 0 Å². The fourth-order valence-corrected chi connectivity index (χ4v) is 3.66. The topological polar surface area (TPSA) is 34.1 Å². The first-order valence-electron chi connectivity index (χ1n) is 7.31. The number of carbonyl (C=O) groups is 1. The van der Waals surface area contributed by atoms with Gasteiger partial charge in [-0.05, 0) is 11.1 Å². The Morgan fingerprint density at radius 3 is 1.96 bits per heavy atom. The Bertz CT molecular complexity index is 984. The van der Waals surface area contributed by atoms with Crippen molar-refractivity contribution in [2.24, 2.45) is 0 Å². The lowest BCUT2D eigenvalue weighted by Gasteiger charge is -2.22. The SMILES string of the molecule is O=S=C1c2ccccc2C(=O)c2cccc(-c3ccccc3)c21. The molecule has 2 nitrogen and oxygen atoms in total. The summed E-state index contributed by atoms with van der Waals surface area (Å²) in [4.78, 5) is 13.4. The number of fused-ring (bicyclic) bond motifs is 2. The molecule has 0 spiro atoms. The average Bonchev–Trinajstić information content (AvgIpc) is 2.63. The first-order chi connectivity index (χ1) is 11.3. The molecule has 0 fully saturated rings. The van der Waals surface area contributed by atoms with Crippen molar-refractivity contribution in [3.8, 4) is 11.1 Å². The normalized spacial score (nSPS) is 12.5. The van der Waals surface area contributed by atoms with E-state index in [9.17, 15) is 9.00 Å². The van der Waals surface area contributed by atoms with Crippen LogP contribution in [0.3, 0.4) is 0 Å². The first kappa shape index (κ1) is 13.9. The Morgan fingerprint density at radius 2 is 1.22 bits per heavy atom. The fourth-order valence-electron chi connectivity index (χ4n) is 3.09. The maximum Gasteiger partial charge on any atom is 0.194 e. The molecule has 1 aliphatic carbocycles. The van der Waals surface area contributed by atoms with Gasteiger partial charge in [0.1, 0.15) is 0 Å². The van der Waals surface area contributed by atoms with E-state index in [-0.39, 0.29) is 5.78 Å². The van der Waals surface area contributed by atoms with E-state index < -0.39 is 0 Å². The zero-order valence-corrected chi connectivity index (χ0v) is 13.0. The zero-order valence-electron chi connectivity index (χ0n) is 12.2. The lowest BCUT2D eigenvalue weighted by molar-refractivity contribution is 0.103. The van der Waals surface area contributed by atoms with Crippen molar-refractivity contribution in [2.75, 3.05) is 0 Å². The molecule has 3 aromatic rings. The predicted molar refractivity (Wildman–Crippen MR) is 93.1 cm³/mol. The highest BCUT2D eigenvalue weighted by atomic mass is 32.1. The summed E-state index contributed by atoms with van der Waals surface area (Å²) < 4.78 is 11.9. The van der Waals surface area contributed by atoms with Crippen molar-refractivity contribution in [1.82, 2.24) is 0 Å². The van der Waals surface area contributed by atoms with Crippen LogP contribution in [-0.4, -0.2) is 14.9 Å². The second kappa shape index (κ2) is 5.45. The molecule has 0 unspecified atom stereocenters. The molecule has 0 heterocycles. The van der Waals surface area contributed by atoms with Crippen LogP contribution in [0.15, 0.2) is 72.8 Å². The minimum atomic E-state index is -0.0221. The number of carbonyl (C=O) groups excluding carboxylic acids is 1. The van der Waals surface area contributed by atoms with Crippen molar-refractivity contribution in [3.05, 3.63) is 95.1 Å².